The zero-order chi connectivity index (χ0) is 14.7. The molecule has 1 aromatic carbocycles. The number of nitrogens with zero attached hydrogens (tertiary/aromatic N) is 1. The Morgan fingerprint density at radius 2 is 2.00 bits per heavy atom. The summed E-state index contributed by atoms with van der Waals surface area (Å²) < 4.78 is 1.24. The Balaban J connectivity index is 1.67. The summed E-state index contributed by atoms with van der Waals surface area (Å²) in [6.45, 7) is 6.62. The Labute approximate surface area is 137 Å². The van der Waals surface area contributed by atoms with Crippen molar-refractivity contribution >= 4 is 21.6 Å². The molecular weight excluding hydrogens is 324 g/mol. The number of piperidine rings is 1. The van der Waals surface area contributed by atoms with Crippen LogP contribution in [0.3, 0.4) is 0 Å². The standard InChI is InChI=1S/C18H27BrN2/c1-2-20-12-15-7-8-17(11-18(15)19)21-10-9-14-5-3-4-6-16(14)13-21/h7-8,11,14,16,20H,2-6,9-10,12-13H2,1H3. The van der Waals surface area contributed by atoms with Gasteiger partial charge in [-0.15, -0.1) is 0 Å². The first-order chi connectivity index (χ1) is 10.3. The molecule has 1 aliphatic heterocycles. The molecule has 2 nitrogen and oxygen atoms in total. The van der Waals surface area contributed by atoms with E-state index in [0.29, 0.717) is 0 Å². The lowest BCUT2D eigenvalue weighted by atomic mass is 9.75. The van der Waals surface area contributed by atoms with Crippen LogP contribution in [0.5, 0.6) is 0 Å². The van der Waals surface area contributed by atoms with Gasteiger partial charge in [-0.1, -0.05) is 48.2 Å². The minimum absolute atomic E-state index is 0.938. The topological polar surface area (TPSA) is 15.3 Å². The summed E-state index contributed by atoms with van der Waals surface area (Å²) in [6, 6.07) is 6.89. The van der Waals surface area contributed by atoms with Gasteiger partial charge in [0.05, 0.1) is 0 Å². The summed E-state index contributed by atoms with van der Waals surface area (Å²) in [6.07, 6.45) is 7.22. The van der Waals surface area contributed by atoms with Crippen LogP contribution in [-0.2, 0) is 6.54 Å². The third-order valence-corrected chi connectivity index (χ3v) is 6.00. The Bertz CT molecular complexity index is 474. The van der Waals surface area contributed by atoms with Crippen LogP contribution < -0.4 is 10.2 Å². The van der Waals surface area contributed by atoms with Gasteiger partial charge in [-0.3, -0.25) is 0 Å². The molecule has 1 aromatic rings. The number of hydrogen-bond acceptors (Lipinski definition) is 2. The van der Waals surface area contributed by atoms with Crippen molar-refractivity contribution in [3.63, 3.8) is 0 Å². The first-order valence-electron chi connectivity index (χ1n) is 8.52. The molecular formula is C18H27BrN2. The zero-order valence-electron chi connectivity index (χ0n) is 13.1. The van der Waals surface area contributed by atoms with E-state index in [0.717, 1.165) is 24.9 Å². The van der Waals surface area contributed by atoms with Crippen LogP contribution in [0, 0.1) is 11.8 Å². The number of benzene rings is 1. The second-order valence-electron chi connectivity index (χ2n) is 6.60. The van der Waals surface area contributed by atoms with E-state index >= 15 is 0 Å². The van der Waals surface area contributed by atoms with E-state index in [1.165, 1.54) is 60.9 Å². The molecule has 21 heavy (non-hydrogen) atoms. The molecule has 0 amide bonds. The van der Waals surface area contributed by atoms with E-state index in [1.54, 1.807) is 0 Å². The van der Waals surface area contributed by atoms with Crippen LogP contribution in [0.2, 0.25) is 0 Å². The summed E-state index contributed by atoms with van der Waals surface area (Å²) in [5, 5.41) is 3.40. The lowest BCUT2D eigenvalue weighted by molar-refractivity contribution is 0.202. The lowest BCUT2D eigenvalue weighted by Gasteiger charge is -2.42. The average molecular weight is 351 g/mol. The maximum atomic E-state index is 3.75. The lowest BCUT2D eigenvalue weighted by Crippen LogP contribution is -2.41. The monoisotopic (exact) mass is 350 g/mol. The van der Waals surface area contributed by atoms with Gasteiger partial charge in [0.25, 0.3) is 0 Å². The molecule has 2 aliphatic rings. The quantitative estimate of drug-likeness (QED) is 0.855. The Morgan fingerprint density at radius 3 is 2.76 bits per heavy atom. The van der Waals surface area contributed by atoms with E-state index in [-0.39, 0.29) is 0 Å². The predicted octanol–water partition coefficient (Wildman–Crippen LogP) is 4.58. The van der Waals surface area contributed by atoms with Crippen LogP contribution in [-0.4, -0.2) is 19.6 Å². The normalized spacial score (nSPS) is 25.7. The second kappa shape index (κ2) is 7.15. The second-order valence-corrected chi connectivity index (χ2v) is 7.45. The Hall–Kier alpha value is -0.540. The first kappa shape index (κ1) is 15.4. The van der Waals surface area contributed by atoms with Gasteiger partial charge in [0, 0.05) is 29.8 Å². The molecule has 1 N–H and O–H groups in total. The molecule has 0 bridgehead atoms. The summed E-state index contributed by atoms with van der Waals surface area (Å²) in [5.74, 6) is 1.94. The fourth-order valence-electron chi connectivity index (χ4n) is 3.97. The van der Waals surface area contributed by atoms with Crippen molar-refractivity contribution in [3.05, 3.63) is 28.2 Å². The first-order valence-corrected chi connectivity index (χ1v) is 9.31. The van der Waals surface area contributed by atoms with Gasteiger partial charge in [0.2, 0.25) is 0 Å². The molecule has 1 heterocycles. The van der Waals surface area contributed by atoms with E-state index in [4.69, 9.17) is 0 Å². The van der Waals surface area contributed by atoms with Gasteiger partial charge in [-0.05, 0) is 48.9 Å². The molecule has 1 aliphatic carbocycles. The van der Waals surface area contributed by atoms with E-state index in [1.807, 2.05) is 0 Å². The van der Waals surface area contributed by atoms with Crippen LogP contribution >= 0.6 is 15.9 Å². The molecule has 3 heteroatoms. The minimum Gasteiger partial charge on any atom is -0.371 e. The van der Waals surface area contributed by atoms with Crippen LogP contribution in [0.25, 0.3) is 0 Å². The molecule has 1 saturated heterocycles. The number of hydrogen-bond donors (Lipinski definition) is 1. The molecule has 116 valence electrons. The number of halogens is 1. The fraction of sp³-hybridized carbons (Fsp3) is 0.667. The highest BCUT2D eigenvalue weighted by molar-refractivity contribution is 9.10. The SMILES string of the molecule is CCNCc1ccc(N2CCC3CCCCC3C2)cc1Br. The Morgan fingerprint density at radius 1 is 1.19 bits per heavy atom. The van der Waals surface area contributed by atoms with E-state index in [9.17, 15) is 0 Å². The largest absolute Gasteiger partial charge is 0.371 e. The van der Waals surface area contributed by atoms with Crippen LogP contribution in [0.1, 0.15) is 44.6 Å². The maximum absolute atomic E-state index is 3.75. The molecule has 2 fully saturated rings. The van der Waals surface area contributed by atoms with Crippen molar-refractivity contribution in [2.45, 2.75) is 45.6 Å². The number of rotatable bonds is 4. The third kappa shape index (κ3) is 3.62. The van der Waals surface area contributed by atoms with Gasteiger partial charge in [-0.2, -0.15) is 0 Å². The van der Waals surface area contributed by atoms with Crippen molar-refractivity contribution < 1.29 is 0 Å². The van der Waals surface area contributed by atoms with Crippen molar-refractivity contribution in [3.8, 4) is 0 Å². The maximum Gasteiger partial charge on any atom is 0.0377 e. The van der Waals surface area contributed by atoms with Gasteiger partial charge < -0.3 is 10.2 Å². The van der Waals surface area contributed by atoms with Crippen molar-refractivity contribution in [2.24, 2.45) is 11.8 Å². The highest BCUT2D eigenvalue weighted by Crippen LogP contribution is 2.38. The highest BCUT2D eigenvalue weighted by atomic mass is 79.9. The minimum atomic E-state index is 0.938. The van der Waals surface area contributed by atoms with Gasteiger partial charge in [0.1, 0.15) is 0 Å². The number of anilines is 1. The summed E-state index contributed by atoms with van der Waals surface area (Å²) in [4.78, 5) is 2.61. The van der Waals surface area contributed by atoms with Crippen LogP contribution in [0.15, 0.2) is 22.7 Å². The predicted molar refractivity (Wildman–Crippen MR) is 93.8 cm³/mol. The van der Waals surface area contributed by atoms with Crippen LogP contribution in [0.4, 0.5) is 5.69 Å². The van der Waals surface area contributed by atoms with E-state index < -0.39 is 0 Å². The molecule has 0 radical (unpaired) electrons. The van der Waals surface area contributed by atoms with Gasteiger partial charge >= 0.3 is 0 Å². The number of nitrogens with one attached hydrogen (secondary N) is 1. The highest BCUT2D eigenvalue weighted by Gasteiger charge is 2.31. The molecule has 2 unspecified atom stereocenters. The number of fused-ring (bicyclic) bond motifs is 1. The summed E-state index contributed by atoms with van der Waals surface area (Å²) >= 11 is 3.75. The van der Waals surface area contributed by atoms with E-state index in [2.05, 4.69) is 51.3 Å². The van der Waals surface area contributed by atoms with Crippen molar-refractivity contribution in [1.29, 1.82) is 0 Å². The molecule has 0 aromatic heterocycles. The fourth-order valence-corrected chi connectivity index (χ4v) is 4.48. The summed E-state index contributed by atoms with van der Waals surface area (Å²) in [7, 11) is 0. The smallest absolute Gasteiger partial charge is 0.0377 e. The Kier molecular flexibility index (Phi) is 5.23. The molecule has 0 spiro atoms. The average Bonchev–Trinajstić information content (AvgIpc) is 2.53. The van der Waals surface area contributed by atoms with Gasteiger partial charge in [0.15, 0.2) is 0 Å². The van der Waals surface area contributed by atoms with Crippen molar-refractivity contribution in [1.82, 2.24) is 5.32 Å². The summed E-state index contributed by atoms with van der Waals surface area (Å²) in [5.41, 5.74) is 2.75. The zero-order valence-corrected chi connectivity index (χ0v) is 14.7. The van der Waals surface area contributed by atoms with Crippen molar-refractivity contribution in [2.75, 3.05) is 24.5 Å². The molecule has 1 saturated carbocycles. The third-order valence-electron chi connectivity index (χ3n) is 5.26. The van der Waals surface area contributed by atoms with Gasteiger partial charge in [-0.25, -0.2) is 0 Å². The molecule has 2 atom stereocenters. The molecule has 3 rings (SSSR count).